The number of hydrogen-bond donors (Lipinski definition) is 2. The Morgan fingerprint density at radius 1 is 1.35 bits per heavy atom. The average molecular weight is 340 g/mol. The Morgan fingerprint density at radius 2 is 2.10 bits per heavy atom. The molecule has 20 heavy (non-hydrogen) atoms. The van der Waals surface area contributed by atoms with Gasteiger partial charge in [0, 0.05) is 15.7 Å². The van der Waals surface area contributed by atoms with Crippen molar-refractivity contribution in [3.63, 3.8) is 0 Å². The van der Waals surface area contributed by atoms with Gasteiger partial charge in [0.05, 0.1) is 0 Å². The summed E-state index contributed by atoms with van der Waals surface area (Å²) < 4.78 is 19.6. The molecular formula is C14H11BrFNO3. The third-order valence-corrected chi connectivity index (χ3v) is 3.16. The molecule has 2 rings (SSSR count). The summed E-state index contributed by atoms with van der Waals surface area (Å²) in [5, 5.41) is 9.09. The third-order valence-electron chi connectivity index (χ3n) is 2.67. The molecule has 0 aliphatic heterocycles. The van der Waals surface area contributed by atoms with Crippen LogP contribution in [-0.2, 0) is 6.61 Å². The van der Waals surface area contributed by atoms with Crippen molar-refractivity contribution < 1.29 is 19.0 Å². The summed E-state index contributed by atoms with van der Waals surface area (Å²) in [6.07, 6.45) is 0. The highest BCUT2D eigenvalue weighted by Gasteiger charge is 2.15. The fourth-order valence-corrected chi connectivity index (χ4v) is 2.02. The van der Waals surface area contributed by atoms with E-state index < -0.39 is 11.8 Å². The predicted molar refractivity (Wildman–Crippen MR) is 76.2 cm³/mol. The molecule has 0 atom stereocenters. The first-order valence-corrected chi connectivity index (χ1v) is 6.47. The van der Waals surface area contributed by atoms with Crippen LogP contribution in [0.4, 0.5) is 10.1 Å². The van der Waals surface area contributed by atoms with Crippen molar-refractivity contribution in [2.45, 2.75) is 6.61 Å². The van der Waals surface area contributed by atoms with E-state index in [0.29, 0.717) is 10.0 Å². The molecule has 0 amide bonds. The van der Waals surface area contributed by atoms with Crippen LogP contribution in [0, 0.1) is 5.82 Å². The summed E-state index contributed by atoms with van der Waals surface area (Å²) in [4.78, 5) is 11.1. The van der Waals surface area contributed by atoms with Crippen LogP contribution in [0.2, 0.25) is 0 Å². The van der Waals surface area contributed by atoms with Crippen molar-refractivity contribution in [2.75, 3.05) is 5.73 Å². The summed E-state index contributed by atoms with van der Waals surface area (Å²) in [6.45, 7) is -0.0805. The number of anilines is 1. The second-order valence-corrected chi connectivity index (χ2v) is 4.97. The molecule has 0 aliphatic carbocycles. The van der Waals surface area contributed by atoms with Gasteiger partial charge < -0.3 is 15.6 Å². The molecule has 2 aromatic rings. The molecule has 2 aromatic carbocycles. The molecule has 6 heteroatoms. The molecule has 0 heterocycles. The van der Waals surface area contributed by atoms with Gasteiger partial charge in [0.1, 0.15) is 23.7 Å². The van der Waals surface area contributed by atoms with Crippen LogP contribution in [0.15, 0.2) is 40.9 Å². The van der Waals surface area contributed by atoms with Crippen LogP contribution in [0.3, 0.4) is 0 Å². The first-order chi connectivity index (χ1) is 9.49. The van der Waals surface area contributed by atoms with E-state index >= 15 is 0 Å². The van der Waals surface area contributed by atoms with Gasteiger partial charge in [-0.1, -0.05) is 28.1 Å². The van der Waals surface area contributed by atoms with Crippen molar-refractivity contribution in [2.24, 2.45) is 0 Å². The van der Waals surface area contributed by atoms with Crippen LogP contribution in [-0.4, -0.2) is 11.1 Å². The van der Waals surface area contributed by atoms with Crippen molar-refractivity contribution in [3.05, 3.63) is 57.8 Å². The van der Waals surface area contributed by atoms with Crippen molar-refractivity contribution in [3.8, 4) is 5.75 Å². The lowest BCUT2D eigenvalue weighted by Crippen LogP contribution is -2.07. The average Bonchev–Trinajstić information content (AvgIpc) is 2.37. The Labute approximate surface area is 123 Å². The van der Waals surface area contributed by atoms with E-state index in [1.807, 2.05) is 0 Å². The first-order valence-electron chi connectivity index (χ1n) is 5.67. The van der Waals surface area contributed by atoms with Gasteiger partial charge in [-0.15, -0.1) is 0 Å². The second-order valence-electron chi connectivity index (χ2n) is 4.05. The molecule has 0 fully saturated rings. The second kappa shape index (κ2) is 5.92. The fraction of sp³-hybridized carbons (Fsp3) is 0.0714. The molecule has 104 valence electrons. The summed E-state index contributed by atoms with van der Waals surface area (Å²) in [5.41, 5.74) is 5.91. The van der Waals surface area contributed by atoms with Crippen LogP contribution < -0.4 is 10.5 Å². The maximum atomic E-state index is 13.6. The van der Waals surface area contributed by atoms with Crippen molar-refractivity contribution >= 4 is 27.6 Å². The number of carboxylic acids is 1. The highest BCUT2D eigenvalue weighted by Crippen LogP contribution is 2.26. The van der Waals surface area contributed by atoms with Gasteiger partial charge >= 0.3 is 5.97 Å². The molecule has 0 aliphatic rings. The number of carboxylic acid groups (broad SMARTS) is 1. The number of aromatic carboxylic acids is 1. The highest BCUT2D eigenvalue weighted by atomic mass is 79.9. The molecule has 0 saturated carbocycles. The fourth-order valence-electron chi connectivity index (χ4n) is 1.69. The monoisotopic (exact) mass is 339 g/mol. The lowest BCUT2D eigenvalue weighted by atomic mass is 10.1. The van der Waals surface area contributed by atoms with Gasteiger partial charge in [-0.25, -0.2) is 9.18 Å². The van der Waals surface area contributed by atoms with E-state index in [1.165, 1.54) is 18.2 Å². The number of halogens is 2. The number of nitrogen functional groups attached to an aromatic ring is 1. The Morgan fingerprint density at radius 3 is 2.75 bits per heavy atom. The van der Waals surface area contributed by atoms with Gasteiger partial charge in [-0.05, 0) is 24.3 Å². The van der Waals surface area contributed by atoms with E-state index in [4.69, 9.17) is 15.6 Å². The van der Waals surface area contributed by atoms with E-state index in [0.717, 1.165) is 0 Å². The van der Waals surface area contributed by atoms with Crippen LogP contribution >= 0.6 is 15.9 Å². The lowest BCUT2D eigenvalue weighted by Gasteiger charge is -2.11. The minimum Gasteiger partial charge on any atom is -0.488 e. The van der Waals surface area contributed by atoms with Gasteiger partial charge in [0.2, 0.25) is 0 Å². The smallest absolute Gasteiger partial charge is 0.341 e. The molecule has 4 nitrogen and oxygen atoms in total. The Balaban J connectivity index is 2.23. The van der Waals surface area contributed by atoms with Gasteiger partial charge in [-0.3, -0.25) is 0 Å². The van der Waals surface area contributed by atoms with Crippen LogP contribution in [0.1, 0.15) is 15.9 Å². The minimum absolute atomic E-state index is 0.0805. The quantitative estimate of drug-likeness (QED) is 0.837. The van der Waals surface area contributed by atoms with Gasteiger partial charge in [0.15, 0.2) is 0 Å². The summed E-state index contributed by atoms with van der Waals surface area (Å²) in [7, 11) is 0. The summed E-state index contributed by atoms with van der Waals surface area (Å²) >= 11 is 3.16. The molecule has 3 N–H and O–H groups in total. The molecule has 0 saturated heterocycles. The van der Waals surface area contributed by atoms with E-state index in [9.17, 15) is 9.18 Å². The molecule has 0 bridgehead atoms. The molecule has 0 unspecified atom stereocenters. The number of rotatable bonds is 4. The van der Waals surface area contributed by atoms with Crippen LogP contribution in [0.25, 0.3) is 0 Å². The largest absolute Gasteiger partial charge is 0.488 e. The maximum absolute atomic E-state index is 13.6. The summed E-state index contributed by atoms with van der Waals surface area (Å²) in [5.74, 6) is -1.51. The predicted octanol–water partition coefficient (Wildman–Crippen LogP) is 3.45. The van der Waals surface area contributed by atoms with E-state index in [-0.39, 0.29) is 23.6 Å². The summed E-state index contributed by atoms with van der Waals surface area (Å²) in [6, 6.07) is 9.09. The minimum atomic E-state index is -1.19. The van der Waals surface area contributed by atoms with E-state index in [2.05, 4.69) is 15.9 Å². The standard InChI is InChI=1S/C14H11BrFNO3/c15-9-5-4-8(10(16)6-9)7-20-12-3-1-2-11(17)13(12)14(18)19/h1-6H,7,17H2,(H,18,19). The van der Waals surface area contributed by atoms with E-state index in [1.54, 1.807) is 18.2 Å². The molecule has 0 spiro atoms. The zero-order valence-corrected chi connectivity index (χ0v) is 11.9. The number of nitrogens with two attached hydrogens (primary N) is 1. The number of carbonyl (C=O) groups is 1. The Bertz CT molecular complexity index is 661. The normalized spacial score (nSPS) is 10.3. The number of hydrogen-bond acceptors (Lipinski definition) is 3. The zero-order chi connectivity index (χ0) is 14.7. The Hall–Kier alpha value is -2.08. The van der Waals surface area contributed by atoms with Crippen molar-refractivity contribution in [1.82, 2.24) is 0 Å². The highest BCUT2D eigenvalue weighted by molar-refractivity contribution is 9.10. The first kappa shape index (κ1) is 14.3. The molecule has 0 aromatic heterocycles. The SMILES string of the molecule is Nc1cccc(OCc2ccc(Br)cc2F)c1C(=O)O. The topological polar surface area (TPSA) is 72.5 Å². The maximum Gasteiger partial charge on any atom is 0.341 e. The zero-order valence-electron chi connectivity index (χ0n) is 10.3. The van der Waals surface area contributed by atoms with Crippen molar-refractivity contribution in [1.29, 1.82) is 0 Å². The molecule has 0 radical (unpaired) electrons. The Kier molecular flexibility index (Phi) is 4.24. The molecular weight excluding hydrogens is 329 g/mol. The third kappa shape index (κ3) is 3.08. The number of benzene rings is 2. The lowest BCUT2D eigenvalue weighted by molar-refractivity contribution is 0.0693. The van der Waals surface area contributed by atoms with Gasteiger partial charge in [0.25, 0.3) is 0 Å². The number of ether oxygens (including phenoxy) is 1. The van der Waals surface area contributed by atoms with Crippen LogP contribution in [0.5, 0.6) is 5.75 Å². The van der Waals surface area contributed by atoms with Gasteiger partial charge in [-0.2, -0.15) is 0 Å².